The Balaban J connectivity index is 0.00000200. The molecule has 1 atom stereocenters. The summed E-state index contributed by atoms with van der Waals surface area (Å²) in [5.74, 6) is 0. The number of hydrogen-bond donors (Lipinski definition) is 0. The Labute approximate surface area is 157 Å². The summed E-state index contributed by atoms with van der Waals surface area (Å²) >= 11 is 4.08. The van der Waals surface area contributed by atoms with Crippen LogP contribution in [0, 0.1) is 0 Å². The number of hydrogen-bond acceptors (Lipinski definition) is 2. The van der Waals surface area contributed by atoms with E-state index in [4.69, 9.17) is 4.74 Å². The minimum atomic E-state index is -0.252. The Hall–Kier alpha value is 0.564. The topological polar surface area (TPSA) is 9.23 Å². The predicted octanol–water partition coefficient (Wildman–Crippen LogP) is -1.14. The van der Waals surface area contributed by atoms with Gasteiger partial charge >= 0.3 is 133 Å². The molecule has 2 aliphatic rings. The second-order valence-corrected chi connectivity index (χ2v) is 8.25. The van der Waals surface area contributed by atoms with E-state index < -0.39 is 0 Å². The van der Waals surface area contributed by atoms with Crippen LogP contribution in [0.1, 0.15) is 40.5 Å². The van der Waals surface area contributed by atoms with E-state index >= 15 is 0 Å². The molecule has 0 aromatic rings. The van der Waals surface area contributed by atoms with E-state index in [0.29, 0.717) is 0 Å². The van der Waals surface area contributed by atoms with E-state index in [1.165, 1.54) is 14.4 Å². The monoisotopic (exact) mass is 379 g/mol. The molecule has 2 rings (SSSR count). The van der Waals surface area contributed by atoms with Crippen LogP contribution in [0.3, 0.4) is 0 Å². The second-order valence-electron chi connectivity index (χ2n) is 6.00. The van der Waals surface area contributed by atoms with Gasteiger partial charge in [-0.3, -0.25) is 0 Å². The van der Waals surface area contributed by atoms with Gasteiger partial charge in [-0.05, 0) is 0 Å². The number of rotatable bonds is 3. The smallest absolute Gasteiger partial charge is 1.00 e. The molecule has 5 heteroatoms. The van der Waals surface area contributed by atoms with Crippen molar-refractivity contribution in [3.05, 3.63) is 44.7 Å². The third-order valence-electron chi connectivity index (χ3n) is 3.10. The summed E-state index contributed by atoms with van der Waals surface area (Å²) in [4.78, 5) is 1.12. The summed E-state index contributed by atoms with van der Waals surface area (Å²) in [7, 11) is 0. The van der Waals surface area contributed by atoms with Crippen LogP contribution in [-0.4, -0.2) is 10.5 Å². The van der Waals surface area contributed by atoms with Gasteiger partial charge in [-0.25, -0.2) is 0 Å². The second kappa shape index (κ2) is 8.43. The largest absolute Gasteiger partial charge is 1.00 e. The quantitative estimate of drug-likeness (QED) is 0.453. The van der Waals surface area contributed by atoms with Gasteiger partial charge in [-0.2, -0.15) is 0 Å². The van der Waals surface area contributed by atoms with Crippen molar-refractivity contribution in [3.8, 4) is 0 Å². The Morgan fingerprint density at radius 2 is 1.90 bits per heavy atom. The molecular weight excluding hydrogens is 359 g/mol. The van der Waals surface area contributed by atoms with Gasteiger partial charge in [-0.15, -0.1) is 0 Å². The van der Waals surface area contributed by atoms with Gasteiger partial charge in [0.15, 0.2) is 0 Å². The zero-order valence-electron chi connectivity index (χ0n) is 12.9. The molecule has 0 amide bonds. The molecule has 0 fully saturated rings. The van der Waals surface area contributed by atoms with Crippen LogP contribution in [0.5, 0.6) is 0 Å². The third-order valence-corrected chi connectivity index (χ3v) is 5.63. The first-order chi connectivity index (χ1) is 8.82. The molecule has 115 valence electrons. The van der Waals surface area contributed by atoms with E-state index in [1.807, 2.05) is 11.8 Å². The van der Waals surface area contributed by atoms with Gasteiger partial charge in [0.2, 0.25) is 0 Å². The van der Waals surface area contributed by atoms with Crippen LogP contribution in [0.15, 0.2) is 44.7 Å². The van der Waals surface area contributed by atoms with E-state index in [2.05, 4.69) is 78.5 Å². The summed E-state index contributed by atoms with van der Waals surface area (Å²) < 4.78 is 7.91. The van der Waals surface area contributed by atoms with Gasteiger partial charge in [0.1, 0.15) is 0 Å². The Bertz CT molecular complexity index is 489. The summed E-state index contributed by atoms with van der Waals surface area (Å²) in [6.07, 6.45) is 13.0. The summed E-state index contributed by atoms with van der Waals surface area (Å²) in [5, 5.41) is 0. The number of ether oxygens (including phenoxy) is 1. The molecule has 0 saturated heterocycles. The van der Waals surface area contributed by atoms with Gasteiger partial charge in [0.25, 0.3) is 0 Å². The molecule has 21 heavy (non-hydrogen) atoms. The van der Waals surface area contributed by atoms with Crippen LogP contribution in [-0.2, 0) is 25.2 Å². The Morgan fingerprint density at radius 3 is 2.38 bits per heavy atom. The van der Waals surface area contributed by atoms with Crippen LogP contribution in [0.4, 0.5) is 0 Å². The fraction of sp³-hybridized carbons (Fsp3) is 0.500. The molecule has 0 spiro atoms. The average molecular weight is 380 g/mol. The van der Waals surface area contributed by atoms with E-state index in [-0.39, 0.29) is 35.3 Å². The zero-order chi connectivity index (χ0) is 14.1. The molecule has 2 aliphatic carbocycles. The van der Waals surface area contributed by atoms with Crippen molar-refractivity contribution in [3.63, 3.8) is 0 Å². The molecule has 0 heterocycles. The molecule has 0 bridgehead atoms. The molecule has 1 unspecified atom stereocenters. The molecule has 0 N–H and O–H groups in total. The Morgan fingerprint density at radius 1 is 1.24 bits per heavy atom. The van der Waals surface area contributed by atoms with Gasteiger partial charge in [0, 0.05) is 0 Å². The van der Waals surface area contributed by atoms with E-state index in [9.17, 15) is 0 Å². The Kier molecular flexibility index (Phi) is 8.65. The predicted molar refractivity (Wildman–Crippen MR) is 79.5 cm³/mol. The van der Waals surface area contributed by atoms with Gasteiger partial charge in [-0.1, -0.05) is 0 Å². The van der Waals surface area contributed by atoms with Crippen molar-refractivity contribution < 1.29 is 50.0 Å². The van der Waals surface area contributed by atoms with Crippen molar-refractivity contribution in [1.82, 2.24) is 0 Å². The summed E-state index contributed by atoms with van der Waals surface area (Å²) in [6.45, 7) is 8.57. The van der Waals surface area contributed by atoms with E-state index in [0.717, 1.165) is 12.8 Å². The number of thioether (sulfide) groups is 1. The summed E-state index contributed by atoms with van der Waals surface area (Å²) in [6, 6.07) is 0. The summed E-state index contributed by atoms with van der Waals surface area (Å²) in [5.41, 5.74) is 1.15. The standard InChI is InChI=1S/C16H21OS.2ClH.Ti/c1-13-9-7-8-12-16(13,17-15(2,3)4)18-14-10-5-6-11-14;;;/h5,7-10H,6,12H2,1-4H3;2*1H;/q;;;+2/p-2. The maximum atomic E-state index is 6.46. The molecule has 0 radical (unpaired) electrons. The van der Waals surface area contributed by atoms with E-state index in [1.54, 1.807) is 0 Å². The molecule has 0 aliphatic heterocycles. The van der Waals surface area contributed by atoms with Crippen molar-refractivity contribution in [2.24, 2.45) is 0 Å². The van der Waals surface area contributed by atoms with Gasteiger partial charge < -0.3 is 24.8 Å². The first-order valence-corrected chi connectivity index (χ1v) is 8.26. The molecule has 0 saturated carbocycles. The zero-order valence-corrected chi connectivity index (χ0v) is 16.8. The maximum Gasteiger partial charge on any atom is -1.00 e. The minimum absolute atomic E-state index is 0. The molecular formula is C16H21Cl2OSTi. The maximum absolute atomic E-state index is 6.46. The van der Waals surface area contributed by atoms with Crippen LogP contribution in [0.2, 0.25) is 0 Å². The number of allylic oxidation sites excluding steroid dienone is 5. The van der Waals surface area contributed by atoms with Crippen LogP contribution < -0.4 is 24.8 Å². The average Bonchev–Trinajstić information content (AvgIpc) is 2.67. The van der Waals surface area contributed by atoms with Gasteiger partial charge in [0.05, 0.1) is 0 Å². The fourth-order valence-corrected chi connectivity index (χ4v) is 4.22. The molecule has 1 nitrogen and oxygen atoms in total. The van der Waals surface area contributed by atoms with Crippen molar-refractivity contribution in [1.29, 1.82) is 0 Å². The molecule has 0 aromatic carbocycles. The SMILES string of the molecule is CC1=CC=CCC1(OC(C)(C)C)SC1=[C]([Ti+2])CC=C1.[Cl-].[Cl-]. The first kappa shape index (κ1) is 21.6. The first-order valence-electron chi connectivity index (χ1n) is 6.67. The minimum Gasteiger partial charge on any atom is -1.00 e. The molecule has 0 aromatic heterocycles. The third kappa shape index (κ3) is 5.60. The number of halogens is 2. The van der Waals surface area contributed by atoms with Crippen molar-refractivity contribution >= 4 is 11.8 Å². The van der Waals surface area contributed by atoms with Crippen molar-refractivity contribution in [2.75, 3.05) is 0 Å². The van der Waals surface area contributed by atoms with Crippen molar-refractivity contribution in [2.45, 2.75) is 51.1 Å². The van der Waals surface area contributed by atoms with Crippen LogP contribution >= 0.6 is 11.8 Å². The van der Waals surface area contributed by atoms with Crippen LogP contribution in [0.25, 0.3) is 0 Å². The normalized spacial score (nSPS) is 24.6. The fourth-order valence-electron chi connectivity index (χ4n) is 2.24.